The second kappa shape index (κ2) is 8.32. The van der Waals surface area contributed by atoms with Crippen molar-refractivity contribution in [3.8, 4) is 0 Å². The van der Waals surface area contributed by atoms with E-state index in [1.165, 1.54) is 24.3 Å². The number of aliphatic carboxylic acids is 1. The summed E-state index contributed by atoms with van der Waals surface area (Å²) in [5.74, 6) is -2.08. The zero-order valence-electron chi connectivity index (χ0n) is 16.7. The molecule has 3 rings (SSSR count). The minimum atomic E-state index is -1.58. The van der Waals surface area contributed by atoms with Crippen molar-refractivity contribution in [3.63, 3.8) is 0 Å². The van der Waals surface area contributed by atoms with E-state index in [9.17, 15) is 24.8 Å². The van der Waals surface area contributed by atoms with Gasteiger partial charge >= 0.3 is 5.97 Å². The molecule has 0 radical (unpaired) electrons. The highest BCUT2D eigenvalue weighted by atomic mass is 16.6. The third-order valence-electron chi connectivity index (χ3n) is 5.37. The summed E-state index contributed by atoms with van der Waals surface area (Å²) in [5.41, 5.74) is -0.688. The summed E-state index contributed by atoms with van der Waals surface area (Å²) in [6.07, 6.45) is -0.00546. The molecule has 3 aromatic carbocycles. The van der Waals surface area contributed by atoms with E-state index in [0.717, 1.165) is 10.8 Å². The van der Waals surface area contributed by atoms with Gasteiger partial charge in [0.25, 0.3) is 11.6 Å². The van der Waals surface area contributed by atoms with Crippen molar-refractivity contribution in [1.82, 2.24) is 5.32 Å². The van der Waals surface area contributed by atoms with Crippen molar-refractivity contribution in [3.05, 3.63) is 88.0 Å². The smallest absolute Gasteiger partial charge is 0.330 e. The van der Waals surface area contributed by atoms with E-state index >= 15 is 0 Å². The van der Waals surface area contributed by atoms with Crippen LogP contribution in [0.3, 0.4) is 0 Å². The molecule has 0 bridgehead atoms. The van der Waals surface area contributed by atoms with Gasteiger partial charge < -0.3 is 10.4 Å². The summed E-state index contributed by atoms with van der Waals surface area (Å²) in [4.78, 5) is 35.9. The Labute approximate surface area is 173 Å². The van der Waals surface area contributed by atoms with Crippen molar-refractivity contribution in [2.75, 3.05) is 0 Å². The number of carboxylic acid groups (broad SMARTS) is 1. The first-order chi connectivity index (χ1) is 14.2. The molecule has 0 heterocycles. The van der Waals surface area contributed by atoms with Gasteiger partial charge in [-0.15, -0.1) is 0 Å². The van der Waals surface area contributed by atoms with Crippen LogP contribution in [-0.4, -0.2) is 27.4 Å². The lowest BCUT2D eigenvalue weighted by Gasteiger charge is -2.34. The van der Waals surface area contributed by atoms with Gasteiger partial charge in [0, 0.05) is 24.1 Å². The van der Waals surface area contributed by atoms with Crippen molar-refractivity contribution < 1.29 is 19.6 Å². The molecular formula is C23H22N2O5. The Bertz CT molecular complexity index is 1100. The van der Waals surface area contributed by atoms with Crippen LogP contribution in [0.2, 0.25) is 0 Å². The Kier molecular flexibility index (Phi) is 5.82. The zero-order valence-corrected chi connectivity index (χ0v) is 16.7. The molecular weight excluding hydrogens is 384 g/mol. The molecule has 7 nitrogen and oxygen atoms in total. The van der Waals surface area contributed by atoms with Crippen LogP contribution in [0.25, 0.3) is 10.8 Å². The molecule has 154 valence electrons. The van der Waals surface area contributed by atoms with Gasteiger partial charge in [-0.25, -0.2) is 4.79 Å². The first kappa shape index (κ1) is 21.0. The molecule has 0 aromatic heterocycles. The quantitative estimate of drug-likeness (QED) is 0.451. The summed E-state index contributed by atoms with van der Waals surface area (Å²) >= 11 is 0. The van der Waals surface area contributed by atoms with Crippen molar-refractivity contribution in [2.45, 2.75) is 25.8 Å². The van der Waals surface area contributed by atoms with E-state index in [-0.39, 0.29) is 12.1 Å². The minimum Gasteiger partial charge on any atom is -0.479 e. The molecule has 0 fully saturated rings. The van der Waals surface area contributed by atoms with E-state index < -0.39 is 28.3 Å². The minimum absolute atomic E-state index is 0.00546. The molecule has 0 aliphatic carbocycles. The third-order valence-corrected chi connectivity index (χ3v) is 5.37. The molecule has 30 heavy (non-hydrogen) atoms. The van der Waals surface area contributed by atoms with E-state index in [1.54, 1.807) is 26.0 Å². The van der Waals surface area contributed by atoms with Crippen LogP contribution in [0.4, 0.5) is 5.69 Å². The maximum atomic E-state index is 13.2. The van der Waals surface area contributed by atoms with Gasteiger partial charge in [-0.2, -0.15) is 0 Å². The molecule has 7 heteroatoms. The van der Waals surface area contributed by atoms with Crippen LogP contribution < -0.4 is 5.32 Å². The fourth-order valence-corrected chi connectivity index (χ4v) is 3.52. The van der Waals surface area contributed by atoms with Gasteiger partial charge in [0.15, 0.2) is 0 Å². The number of nitrogens with one attached hydrogen (secondary N) is 1. The normalized spacial score (nSPS) is 13.0. The maximum Gasteiger partial charge on any atom is 0.330 e. The van der Waals surface area contributed by atoms with E-state index in [4.69, 9.17) is 0 Å². The number of non-ortho nitro benzene ring substituents is 1. The highest BCUT2D eigenvalue weighted by molar-refractivity contribution is 6.08. The van der Waals surface area contributed by atoms with Crippen molar-refractivity contribution >= 4 is 28.3 Å². The lowest BCUT2D eigenvalue weighted by atomic mass is 9.80. The maximum absolute atomic E-state index is 13.2. The average molecular weight is 406 g/mol. The second-order valence-corrected chi connectivity index (χ2v) is 7.51. The number of hydrogen-bond acceptors (Lipinski definition) is 4. The zero-order chi connectivity index (χ0) is 21.9. The monoisotopic (exact) mass is 406 g/mol. The van der Waals surface area contributed by atoms with Crippen LogP contribution in [0.15, 0.2) is 66.7 Å². The number of amides is 1. The summed E-state index contributed by atoms with van der Waals surface area (Å²) in [7, 11) is 0. The number of carboxylic acids is 1. The molecule has 1 amide bonds. The van der Waals surface area contributed by atoms with E-state index in [2.05, 4.69) is 5.32 Å². The lowest BCUT2D eigenvalue weighted by Crippen LogP contribution is -2.59. The first-order valence-electron chi connectivity index (χ1n) is 9.51. The highest BCUT2D eigenvalue weighted by Crippen LogP contribution is 2.26. The number of rotatable bonds is 7. The molecule has 0 aliphatic heterocycles. The molecule has 2 N–H and O–H groups in total. The number of fused-ring (bicyclic) bond motifs is 1. The number of carbonyl (C=O) groups excluding carboxylic acids is 1. The van der Waals surface area contributed by atoms with Gasteiger partial charge in [0.1, 0.15) is 5.54 Å². The van der Waals surface area contributed by atoms with E-state index in [1.807, 2.05) is 30.3 Å². The van der Waals surface area contributed by atoms with Crippen LogP contribution in [-0.2, 0) is 11.2 Å². The Morgan fingerprint density at radius 2 is 1.67 bits per heavy atom. The van der Waals surface area contributed by atoms with Crippen molar-refractivity contribution in [2.24, 2.45) is 5.92 Å². The van der Waals surface area contributed by atoms with Crippen LogP contribution in [0, 0.1) is 16.0 Å². The summed E-state index contributed by atoms with van der Waals surface area (Å²) in [6, 6.07) is 18.4. The van der Waals surface area contributed by atoms with E-state index in [0.29, 0.717) is 11.1 Å². The fourth-order valence-electron chi connectivity index (χ4n) is 3.52. The predicted molar refractivity (Wildman–Crippen MR) is 113 cm³/mol. The van der Waals surface area contributed by atoms with Gasteiger partial charge in [-0.3, -0.25) is 14.9 Å². The van der Waals surface area contributed by atoms with Gasteiger partial charge in [0.2, 0.25) is 0 Å². The van der Waals surface area contributed by atoms with Gasteiger partial charge in [-0.05, 0) is 28.3 Å². The number of nitrogens with zero attached hydrogens (tertiary/aromatic N) is 1. The summed E-state index contributed by atoms with van der Waals surface area (Å²) < 4.78 is 0. The highest BCUT2D eigenvalue weighted by Gasteiger charge is 2.43. The Morgan fingerprint density at radius 3 is 2.27 bits per heavy atom. The molecule has 0 aliphatic rings. The van der Waals surface area contributed by atoms with Gasteiger partial charge in [-0.1, -0.05) is 62.4 Å². The fraction of sp³-hybridized carbons (Fsp3) is 0.217. The average Bonchev–Trinajstić information content (AvgIpc) is 2.72. The summed E-state index contributed by atoms with van der Waals surface area (Å²) in [5, 5.41) is 25.3. The van der Waals surface area contributed by atoms with Crippen LogP contribution in [0.1, 0.15) is 29.8 Å². The first-order valence-corrected chi connectivity index (χ1v) is 9.51. The van der Waals surface area contributed by atoms with Crippen LogP contribution in [0.5, 0.6) is 0 Å². The Balaban J connectivity index is 1.98. The molecule has 0 saturated carbocycles. The van der Waals surface area contributed by atoms with Crippen molar-refractivity contribution in [1.29, 1.82) is 0 Å². The van der Waals surface area contributed by atoms with Crippen LogP contribution >= 0.6 is 0 Å². The Hall–Kier alpha value is -3.74. The molecule has 1 atom stereocenters. The number of nitro benzene ring substituents is 1. The SMILES string of the molecule is CC(C)[C@](Cc1ccc([N+](=O)[O-])cc1)(NC(=O)c1cccc2ccccc12)C(=O)O. The topological polar surface area (TPSA) is 110 Å². The summed E-state index contributed by atoms with van der Waals surface area (Å²) in [6.45, 7) is 3.45. The molecule has 0 unspecified atom stereocenters. The Morgan fingerprint density at radius 1 is 1.03 bits per heavy atom. The second-order valence-electron chi connectivity index (χ2n) is 7.51. The molecule has 3 aromatic rings. The largest absolute Gasteiger partial charge is 0.479 e. The molecule has 0 spiro atoms. The number of benzene rings is 3. The predicted octanol–water partition coefficient (Wildman–Crippen LogP) is 4.20. The number of carbonyl (C=O) groups is 2. The molecule has 0 saturated heterocycles. The number of nitro groups is 1. The van der Waals surface area contributed by atoms with Gasteiger partial charge in [0.05, 0.1) is 4.92 Å². The lowest BCUT2D eigenvalue weighted by molar-refractivity contribution is -0.384. The number of hydrogen-bond donors (Lipinski definition) is 2. The standard InChI is InChI=1S/C23H22N2O5/c1-15(2)23(22(27)28,14-16-10-12-18(13-11-16)25(29)30)24-21(26)20-9-5-7-17-6-3-4-8-19(17)20/h3-13,15H,14H2,1-2H3,(H,24,26)(H,27,28)/t23-/m0/s1. The third kappa shape index (κ3) is 4.00.